The lowest BCUT2D eigenvalue weighted by atomic mass is 10.0. The van der Waals surface area contributed by atoms with E-state index in [0.29, 0.717) is 22.6 Å². The highest BCUT2D eigenvalue weighted by Crippen LogP contribution is 2.18. The van der Waals surface area contributed by atoms with Crippen LogP contribution < -0.4 is 10.5 Å². The third kappa shape index (κ3) is 3.42. The molecular weight excluding hydrogens is 328 g/mol. The van der Waals surface area contributed by atoms with Crippen molar-refractivity contribution >= 4 is 21.1 Å². The molecule has 0 unspecified atom stereocenters. The van der Waals surface area contributed by atoms with Crippen LogP contribution in [0.25, 0.3) is 11.1 Å². The van der Waals surface area contributed by atoms with Crippen LogP contribution in [-0.4, -0.2) is 13.4 Å². The maximum absolute atomic E-state index is 12.4. The first-order valence-electron chi connectivity index (χ1n) is 7.56. The molecule has 0 saturated heterocycles. The molecule has 7 heteroatoms. The van der Waals surface area contributed by atoms with E-state index in [9.17, 15) is 13.2 Å². The third-order valence-electron chi connectivity index (χ3n) is 3.81. The number of aromatic amines is 1. The van der Waals surface area contributed by atoms with Gasteiger partial charge in [0, 0.05) is 6.54 Å². The molecule has 0 aliphatic heterocycles. The topological polar surface area (TPSA) is 92.2 Å². The van der Waals surface area contributed by atoms with Gasteiger partial charge in [0.15, 0.2) is 5.58 Å². The average Bonchev–Trinajstić information content (AvgIpc) is 2.92. The Hall–Kier alpha value is -2.38. The van der Waals surface area contributed by atoms with E-state index in [-0.39, 0.29) is 11.4 Å². The molecule has 0 spiro atoms. The Morgan fingerprint density at radius 1 is 1.12 bits per heavy atom. The molecule has 24 heavy (non-hydrogen) atoms. The van der Waals surface area contributed by atoms with Gasteiger partial charge in [-0.25, -0.2) is 17.9 Å². The fourth-order valence-electron chi connectivity index (χ4n) is 2.39. The van der Waals surface area contributed by atoms with E-state index < -0.39 is 15.8 Å². The summed E-state index contributed by atoms with van der Waals surface area (Å²) in [6.07, 6.45) is 0. The highest BCUT2D eigenvalue weighted by molar-refractivity contribution is 7.89. The summed E-state index contributed by atoms with van der Waals surface area (Å²) in [5, 5.41) is 0. The van der Waals surface area contributed by atoms with Gasteiger partial charge in [0.05, 0.1) is 10.4 Å². The summed E-state index contributed by atoms with van der Waals surface area (Å²) in [6, 6.07) is 11.9. The predicted molar refractivity (Wildman–Crippen MR) is 91.4 cm³/mol. The molecular formula is C17H18N2O4S. The number of fused-ring (bicyclic) bond motifs is 1. The summed E-state index contributed by atoms with van der Waals surface area (Å²) in [5.41, 5.74) is 2.77. The number of nitrogens with one attached hydrogen (secondary N) is 2. The Kier molecular flexibility index (Phi) is 4.29. The smallest absolute Gasteiger partial charge is 0.408 e. The quantitative estimate of drug-likeness (QED) is 0.743. The first-order valence-corrected chi connectivity index (χ1v) is 9.05. The molecule has 0 aliphatic carbocycles. The summed E-state index contributed by atoms with van der Waals surface area (Å²) in [7, 11) is -3.60. The molecule has 1 aromatic heterocycles. The van der Waals surface area contributed by atoms with Crippen LogP contribution in [0.3, 0.4) is 0 Å². The zero-order valence-electron chi connectivity index (χ0n) is 13.4. The fourth-order valence-corrected chi connectivity index (χ4v) is 3.41. The molecule has 0 bridgehead atoms. The second kappa shape index (κ2) is 6.26. The van der Waals surface area contributed by atoms with E-state index in [2.05, 4.69) is 23.6 Å². The van der Waals surface area contributed by atoms with Crippen LogP contribution in [0.5, 0.6) is 0 Å². The Bertz CT molecular complexity index is 1010. The van der Waals surface area contributed by atoms with Crippen molar-refractivity contribution in [1.29, 1.82) is 0 Å². The molecule has 2 N–H and O–H groups in total. The first-order chi connectivity index (χ1) is 11.3. The van der Waals surface area contributed by atoms with E-state index in [1.165, 1.54) is 0 Å². The van der Waals surface area contributed by atoms with Crippen molar-refractivity contribution in [3.8, 4) is 0 Å². The zero-order valence-corrected chi connectivity index (χ0v) is 14.2. The van der Waals surface area contributed by atoms with Gasteiger partial charge in [-0.15, -0.1) is 0 Å². The number of H-pyrrole nitrogens is 1. The van der Waals surface area contributed by atoms with E-state index in [0.717, 1.165) is 5.56 Å². The molecule has 0 aliphatic rings. The van der Waals surface area contributed by atoms with E-state index >= 15 is 0 Å². The van der Waals surface area contributed by atoms with Crippen molar-refractivity contribution in [3.05, 3.63) is 64.1 Å². The van der Waals surface area contributed by atoms with Crippen LogP contribution in [-0.2, 0) is 16.6 Å². The van der Waals surface area contributed by atoms with Crippen molar-refractivity contribution in [2.45, 2.75) is 31.2 Å². The molecule has 3 rings (SSSR count). The lowest BCUT2D eigenvalue weighted by Gasteiger charge is -2.09. The lowest BCUT2D eigenvalue weighted by molar-refractivity contribution is 0.554. The molecule has 6 nitrogen and oxygen atoms in total. The molecule has 0 radical (unpaired) electrons. The molecule has 0 saturated carbocycles. The van der Waals surface area contributed by atoms with Gasteiger partial charge in [0.2, 0.25) is 10.0 Å². The normalized spacial score (nSPS) is 12.1. The maximum Gasteiger partial charge on any atom is 0.417 e. The van der Waals surface area contributed by atoms with E-state index in [1.54, 1.807) is 30.3 Å². The Morgan fingerprint density at radius 2 is 1.83 bits per heavy atom. The zero-order chi connectivity index (χ0) is 17.3. The van der Waals surface area contributed by atoms with Gasteiger partial charge >= 0.3 is 5.76 Å². The third-order valence-corrected chi connectivity index (χ3v) is 5.23. The molecule has 2 aromatic carbocycles. The first kappa shape index (κ1) is 16.5. The number of benzene rings is 2. The van der Waals surface area contributed by atoms with E-state index in [1.807, 2.05) is 12.1 Å². The second-order valence-corrected chi connectivity index (χ2v) is 7.66. The maximum atomic E-state index is 12.4. The van der Waals surface area contributed by atoms with E-state index in [4.69, 9.17) is 4.42 Å². The Labute approximate surface area is 139 Å². The molecule has 0 amide bonds. The van der Waals surface area contributed by atoms with Crippen molar-refractivity contribution in [2.24, 2.45) is 0 Å². The number of rotatable bonds is 5. The molecule has 126 valence electrons. The van der Waals surface area contributed by atoms with Crippen molar-refractivity contribution in [3.63, 3.8) is 0 Å². The fraction of sp³-hybridized carbons (Fsp3) is 0.235. The molecule has 0 fully saturated rings. The van der Waals surface area contributed by atoms with Gasteiger partial charge in [-0.1, -0.05) is 32.0 Å². The predicted octanol–water partition coefficient (Wildman–Crippen LogP) is 2.72. The summed E-state index contributed by atoms with van der Waals surface area (Å²) in [4.78, 5) is 13.9. The summed E-state index contributed by atoms with van der Waals surface area (Å²) < 4.78 is 32.3. The van der Waals surface area contributed by atoms with Crippen LogP contribution in [0.2, 0.25) is 0 Å². The van der Waals surface area contributed by atoms with Crippen molar-refractivity contribution in [2.75, 3.05) is 0 Å². The van der Waals surface area contributed by atoms with Gasteiger partial charge in [-0.05, 0) is 41.3 Å². The number of hydrogen-bond donors (Lipinski definition) is 2. The highest BCUT2D eigenvalue weighted by atomic mass is 32.2. The number of hydrogen-bond acceptors (Lipinski definition) is 4. The summed E-state index contributed by atoms with van der Waals surface area (Å²) in [5.74, 6) is -0.189. The molecule has 0 atom stereocenters. The van der Waals surface area contributed by atoms with Crippen molar-refractivity contribution < 1.29 is 12.8 Å². The minimum absolute atomic E-state index is 0.110. The van der Waals surface area contributed by atoms with Gasteiger partial charge in [0.1, 0.15) is 0 Å². The Morgan fingerprint density at radius 3 is 2.50 bits per heavy atom. The minimum Gasteiger partial charge on any atom is -0.408 e. The van der Waals surface area contributed by atoms with Gasteiger partial charge in [-0.3, -0.25) is 4.98 Å². The largest absolute Gasteiger partial charge is 0.417 e. The summed E-state index contributed by atoms with van der Waals surface area (Å²) in [6.45, 7) is 4.22. The SMILES string of the molecule is CC(C)c1ccc(S(=O)(=O)NCc2ccc3[nH]c(=O)oc3c2)cc1. The summed E-state index contributed by atoms with van der Waals surface area (Å²) >= 11 is 0. The van der Waals surface area contributed by atoms with Crippen LogP contribution in [0, 0.1) is 0 Å². The van der Waals surface area contributed by atoms with Crippen LogP contribution in [0.1, 0.15) is 30.9 Å². The van der Waals surface area contributed by atoms with Gasteiger partial charge < -0.3 is 4.42 Å². The monoisotopic (exact) mass is 346 g/mol. The second-order valence-electron chi connectivity index (χ2n) is 5.89. The van der Waals surface area contributed by atoms with Crippen LogP contribution >= 0.6 is 0 Å². The highest BCUT2D eigenvalue weighted by Gasteiger charge is 2.14. The van der Waals surface area contributed by atoms with Crippen LogP contribution in [0.4, 0.5) is 0 Å². The minimum atomic E-state index is -3.60. The van der Waals surface area contributed by atoms with Crippen LogP contribution in [0.15, 0.2) is 56.6 Å². The van der Waals surface area contributed by atoms with Gasteiger partial charge in [0.25, 0.3) is 0 Å². The van der Waals surface area contributed by atoms with Crippen molar-refractivity contribution in [1.82, 2.24) is 9.71 Å². The van der Waals surface area contributed by atoms with Gasteiger partial charge in [-0.2, -0.15) is 0 Å². The number of oxazole rings is 1. The molecule has 3 aromatic rings. The Balaban J connectivity index is 1.77. The number of sulfonamides is 1. The number of aromatic nitrogens is 1. The lowest BCUT2D eigenvalue weighted by Crippen LogP contribution is -2.23. The average molecular weight is 346 g/mol. The molecule has 1 heterocycles. The standard InChI is InChI=1S/C17H18N2O4S/c1-11(2)13-4-6-14(7-5-13)24(21,22)18-10-12-3-8-15-16(9-12)23-17(20)19-15/h3-9,11,18H,10H2,1-2H3,(H,19,20).